The monoisotopic (exact) mass is 712 g/mol. The molecule has 1 aromatic carbocycles. The van der Waals surface area contributed by atoms with Gasteiger partial charge in [0.25, 0.3) is 0 Å². The van der Waals surface area contributed by atoms with E-state index in [0.29, 0.717) is 35.2 Å². The Morgan fingerprint density at radius 1 is 0.846 bits per heavy atom. The number of esters is 3. The third kappa shape index (κ3) is 5.86. The maximum Gasteiger partial charge on any atom is 0.339 e. The van der Waals surface area contributed by atoms with Gasteiger partial charge in [0.2, 0.25) is 0 Å². The Balaban J connectivity index is 1.28. The quantitative estimate of drug-likeness (QED) is 0.126. The van der Waals surface area contributed by atoms with Gasteiger partial charge in [-0.25, -0.2) is 4.79 Å². The molecule has 0 radical (unpaired) electrons. The van der Waals surface area contributed by atoms with Crippen LogP contribution in [0, 0.1) is 73.9 Å². The second-order valence-electron chi connectivity index (χ2n) is 19.5. The van der Waals surface area contributed by atoms with Crippen molar-refractivity contribution in [3.8, 4) is 11.8 Å². The molecule has 0 spiro atoms. The Bertz CT molecular complexity index is 1680. The van der Waals surface area contributed by atoms with Gasteiger partial charge in [0.15, 0.2) is 0 Å². The molecule has 6 rings (SSSR count). The van der Waals surface area contributed by atoms with Gasteiger partial charge in [0, 0.05) is 16.4 Å². The van der Waals surface area contributed by atoms with Crippen LogP contribution in [0.2, 0.25) is 0 Å². The average molecular weight is 713 g/mol. The minimum absolute atomic E-state index is 0.0185. The molecule has 284 valence electrons. The highest BCUT2D eigenvalue weighted by atomic mass is 16.5. The van der Waals surface area contributed by atoms with E-state index in [0.717, 1.165) is 50.5 Å². The van der Waals surface area contributed by atoms with Crippen LogP contribution < -0.4 is 0 Å². The highest BCUT2D eigenvalue weighted by molar-refractivity contribution is 5.92. The lowest BCUT2D eigenvalue weighted by molar-refractivity contribution is -0.247. The molecule has 0 amide bonds. The van der Waals surface area contributed by atoms with Crippen LogP contribution in [-0.4, -0.2) is 38.2 Å². The van der Waals surface area contributed by atoms with E-state index in [2.05, 4.69) is 60.0 Å². The molecule has 0 aliphatic heterocycles. The molecule has 5 aliphatic carbocycles. The molecule has 6 heteroatoms. The zero-order chi connectivity index (χ0) is 38.1. The van der Waals surface area contributed by atoms with Gasteiger partial charge in [-0.2, -0.15) is 0 Å². The molecule has 10 atom stereocenters. The summed E-state index contributed by atoms with van der Waals surface area (Å²) in [4.78, 5) is 38.2. The molecule has 5 aliphatic rings. The number of fused-ring (bicyclic) bond motifs is 7. The van der Waals surface area contributed by atoms with Gasteiger partial charge >= 0.3 is 17.9 Å². The highest BCUT2D eigenvalue weighted by Crippen LogP contribution is 2.77. The Labute approximate surface area is 313 Å². The number of hydrogen-bond donors (Lipinski definition) is 0. The largest absolute Gasteiger partial charge is 0.469 e. The normalized spacial score (nSPS) is 38.9. The molecule has 0 N–H and O–H groups in total. The number of methoxy groups -OCH3 is 2. The third-order valence-electron chi connectivity index (χ3n) is 16.4. The summed E-state index contributed by atoms with van der Waals surface area (Å²) >= 11 is 0. The molecule has 0 bridgehead atoms. The Morgan fingerprint density at radius 2 is 1.56 bits per heavy atom. The van der Waals surface area contributed by atoms with Gasteiger partial charge in [-0.05, 0) is 143 Å². The van der Waals surface area contributed by atoms with Crippen LogP contribution in [0.5, 0.6) is 0 Å². The van der Waals surface area contributed by atoms with E-state index in [1.165, 1.54) is 39.1 Å². The van der Waals surface area contributed by atoms with Crippen molar-refractivity contribution in [1.82, 2.24) is 0 Å². The summed E-state index contributed by atoms with van der Waals surface area (Å²) in [6.07, 6.45) is 10.9. The first kappa shape index (κ1) is 38.6. The molecular weight excluding hydrogens is 649 g/mol. The van der Waals surface area contributed by atoms with Crippen molar-refractivity contribution < 1.29 is 28.6 Å². The van der Waals surface area contributed by atoms with E-state index in [1.807, 2.05) is 24.3 Å². The van der Waals surface area contributed by atoms with Gasteiger partial charge in [0.05, 0.1) is 31.6 Å². The number of ether oxygens (including phenoxy) is 3. The molecule has 4 unspecified atom stereocenters. The number of allylic oxidation sites excluding steroid dienone is 1. The van der Waals surface area contributed by atoms with Crippen molar-refractivity contribution in [2.24, 2.45) is 62.1 Å². The van der Waals surface area contributed by atoms with Crippen LogP contribution in [0.4, 0.5) is 0 Å². The summed E-state index contributed by atoms with van der Waals surface area (Å²) in [6.45, 7) is 22.8. The molecule has 0 aromatic heterocycles. The summed E-state index contributed by atoms with van der Waals surface area (Å²) in [5.41, 5.74) is 1.91. The lowest BCUT2D eigenvalue weighted by Gasteiger charge is -2.72. The zero-order valence-corrected chi connectivity index (χ0v) is 33.7. The Kier molecular flexibility index (Phi) is 9.92. The van der Waals surface area contributed by atoms with Crippen molar-refractivity contribution in [1.29, 1.82) is 0 Å². The van der Waals surface area contributed by atoms with Crippen LogP contribution in [0.25, 0.3) is 0 Å². The van der Waals surface area contributed by atoms with Crippen LogP contribution in [0.1, 0.15) is 142 Å². The number of rotatable bonds is 6. The number of carbonyl (C=O) groups excluding carboxylic acids is 3. The smallest absolute Gasteiger partial charge is 0.339 e. The molecule has 52 heavy (non-hydrogen) atoms. The fourth-order valence-corrected chi connectivity index (χ4v) is 13.5. The minimum atomic E-state index is -0.918. The lowest BCUT2D eigenvalue weighted by Crippen LogP contribution is -2.66. The minimum Gasteiger partial charge on any atom is -0.469 e. The summed E-state index contributed by atoms with van der Waals surface area (Å²) in [5, 5.41) is 0. The van der Waals surface area contributed by atoms with E-state index in [1.54, 1.807) is 13.8 Å². The summed E-state index contributed by atoms with van der Waals surface area (Å²) < 4.78 is 16.3. The fraction of sp³-hybridized carbons (Fsp3) is 0.717. The van der Waals surface area contributed by atoms with Gasteiger partial charge < -0.3 is 14.2 Å². The predicted octanol–water partition coefficient (Wildman–Crippen LogP) is 9.98. The highest BCUT2D eigenvalue weighted by Gasteiger charge is 2.71. The predicted molar refractivity (Wildman–Crippen MR) is 204 cm³/mol. The fourth-order valence-electron chi connectivity index (χ4n) is 13.5. The number of benzene rings is 1. The SMILES string of the molecule is C=C(C)[C@@H]1CC[C@]2(C#Cc3ccccc3C(=O)OC)CC[C@]3(C)C(CCC4[C@@]5(C)CC[C@H](OC(=O)CC(C)(C)C(=O)OC)C(C)(C)C5CC[C@]43C)C12. The van der Waals surface area contributed by atoms with Crippen molar-refractivity contribution in [3.05, 3.63) is 47.5 Å². The molecule has 1 aromatic rings. The molecule has 6 nitrogen and oxygen atoms in total. The number of hydrogen-bond acceptors (Lipinski definition) is 6. The molecular formula is C46H64O6. The molecule has 5 fully saturated rings. The maximum atomic E-state index is 13.3. The Morgan fingerprint density at radius 3 is 2.23 bits per heavy atom. The van der Waals surface area contributed by atoms with Crippen LogP contribution in [0.15, 0.2) is 36.4 Å². The van der Waals surface area contributed by atoms with E-state index in [-0.39, 0.29) is 51.5 Å². The van der Waals surface area contributed by atoms with Crippen LogP contribution >= 0.6 is 0 Å². The van der Waals surface area contributed by atoms with Crippen molar-refractivity contribution in [2.45, 2.75) is 132 Å². The van der Waals surface area contributed by atoms with Gasteiger partial charge in [0.1, 0.15) is 6.10 Å². The second kappa shape index (κ2) is 13.3. The van der Waals surface area contributed by atoms with Crippen LogP contribution in [0.3, 0.4) is 0 Å². The first-order chi connectivity index (χ1) is 24.3. The van der Waals surface area contributed by atoms with Crippen LogP contribution in [-0.2, 0) is 23.8 Å². The van der Waals surface area contributed by atoms with E-state index in [4.69, 9.17) is 14.2 Å². The topological polar surface area (TPSA) is 78.9 Å². The van der Waals surface area contributed by atoms with Crippen molar-refractivity contribution in [2.75, 3.05) is 14.2 Å². The average Bonchev–Trinajstić information content (AvgIpc) is 3.48. The van der Waals surface area contributed by atoms with Gasteiger partial charge in [-0.15, -0.1) is 0 Å². The maximum absolute atomic E-state index is 13.3. The molecule has 0 heterocycles. The molecule has 5 saturated carbocycles. The first-order valence-corrected chi connectivity index (χ1v) is 20.0. The zero-order valence-electron chi connectivity index (χ0n) is 33.7. The summed E-state index contributed by atoms with van der Waals surface area (Å²) in [6, 6.07) is 7.60. The van der Waals surface area contributed by atoms with Gasteiger partial charge in [-0.3, -0.25) is 9.59 Å². The third-order valence-corrected chi connectivity index (χ3v) is 16.4. The second-order valence-corrected chi connectivity index (χ2v) is 19.5. The van der Waals surface area contributed by atoms with Crippen molar-refractivity contribution >= 4 is 17.9 Å². The van der Waals surface area contributed by atoms with E-state index in [9.17, 15) is 14.4 Å². The van der Waals surface area contributed by atoms with Crippen molar-refractivity contribution in [3.63, 3.8) is 0 Å². The number of carbonyl (C=O) groups is 3. The Hall–Kier alpha value is -3.07. The first-order valence-electron chi connectivity index (χ1n) is 20.0. The van der Waals surface area contributed by atoms with E-state index >= 15 is 0 Å². The molecule has 0 saturated heterocycles. The van der Waals surface area contributed by atoms with Gasteiger partial charge in [-0.1, -0.05) is 70.7 Å². The summed E-state index contributed by atoms with van der Waals surface area (Å²) in [5.74, 6) is 8.89. The van der Waals surface area contributed by atoms with E-state index < -0.39 is 11.4 Å². The lowest BCUT2D eigenvalue weighted by atomic mass is 9.32. The summed E-state index contributed by atoms with van der Waals surface area (Å²) in [7, 11) is 2.80. The standard InChI is InChI=1S/C46H64O6/c1-29(2)31-19-25-46(24-18-30-14-12-13-15-32(30)39(48)50-10)27-26-44(8)33(38(31)46)16-17-35-43(7)22-21-36(42(5,6)34(43)20-23-45(35,44)9)52-37(47)28-41(3,4)40(49)51-11/h12-15,31,33-36,38H,1,16-17,19-23,25-28H2,2-11H3/t31-,33?,34?,35?,36-,38?,43-,44+,45+,46+/m0/s1.